The van der Waals surface area contributed by atoms with Crippen molar-refractivity contribution >= 4 is 35.6 Å². The number of alkyl halides is 3. The Bertz CT molecular complexity index is 561. The van der Waals surface area contributed by atoms with Crippen LogP contribution in [0.2, 0.25) is 0 Å². The van der Waals surface area contributed by atoms with E-state index in [4.69, 9.17) is 10.5 Å². The topological polar surface area (TPSA) is 68.9 Å². The highest BCUT2D eigenvalue weighted by Gasteiger charge is 2.41. The molecule has 1 aliphatic carbocycles. The first-order valence-corrected chi connectivity index (χ1v) is 7.82. The summed E-state index contributed by atoms with van der Waals surface area (Å²) in [7, 11) is 0. The molecule has 0 radical (unpaired) electrons. The number of ether oxygens (including phenoxy) is 2. The van der Waals surface area contributed by atoms with Crippen molar-refractivity contribution in [2.75, 3.05) is 25.1 Å². The average molecular weight is 473 g/mol. The fourth-order valence-corrected chi connectivity index (χ4v) is 2.28. The SMILES string of the molecule is CCOCCC1(CN=C(N)Nc2ccc(OC(F)(F)F)cc2)CC1.I. The highest BCUT2D eigenvalue weighted by Crippen LogP contribution is 2.49. The Morgan fingerprint density at radius 3 is 2.44 bits per heavy atom. The number of guanidine groups is 1. The molecule has 9 heteroatoms. The predicted octanol–water partition coefficient (Wildman–Crippen LogP) is 4.14. The van der Waals surface area contributed by atoms with E-state index in [0.717, 1.165) is 25.9 Å². The molecule has 0 saturated heterocycles. The van der Waals surface area contributed by atoms with Crippen LogP contribution >= 0.6 is 24.0 Å². The number of aliphatic imine (C=N–C) groups is 1. The van der Waals surface area contributed by atoms with Gasteiger partial charge in [-0.05, 0) is 55.9 Å². The number of benzene rings is 1. The number of anilines is 1. The molecule has 0 spiro atoms. The van der Waals surface area contributed by atoms with Crippen LogP contribution < -0.4 is 15.8 Å². The van der Waals surface area contributed by atoms with Gasteiger partial charge in [-0.2, -0.15) is 0 Å². The van der Waals surface area contributed by atoms with Crippen LogP contribution in [0.4, 0.5) is 18.9 Å². The summed E-state index contributed by atoms with van der Waals surface area (Å²) in [5, 5.41) is 2.86. The van der Waals surface area contributed by atoms with Crippen LogP contribution in [0.25, 0.3) is 0 Å². The van der Waals surface area contributed by atoms with Gasteiger partial charge in [0.05, 0.1) is 0 Å². The van der Waals surface area contributed by atoms with Crippen molar-refractivity contribution < 1.29 is 22.6 Å². The first-order valence-electron chi connectivity index (χ1n) is 7.82. The van der Waals surface area contributed by atoms with Gasteiger partial charge in [0.2, 0.25) is 0 Å². The maximum Gasteiger partial charge on any atom is 0.573 e. The third-order valence-corrected chi connectivity index (χ3v) is 3.88. The molecule has 5 nitrogen and oxygen atoms in total. The quantitative estimate of drug-likeness (QED) is 0.258. The van der Waals surface area contributed by atoms with Crippen LogP contribution in [0, 0.1) is 5.41 Å². The van der Waals surface area contributed by atoms with E-state index in [9.17, 15) is 13.2 Å². The second-order valence-electron chi connectivity index (χ2n) is 5.85. The Morgan fingerprint density at radius 2 is 1.92 bits per heavy atom. The zero-order valence-electron chi connectivity index (χ0n) is 13.9. The molecule has 0 unspecified atom stereocenters. The summed E-state index contributed by atoms with van der Waals surface area (Å²) in [5.74, 6) is -0.0430. The lowest BCUT2D eigenvalue weighted by atomic mass is 10.0. The van der Waals surface area contributed by atoms with Crippen molar-refractivity contribution in [3.63, 3.8) is 0 Å². The van der Waals surface area contributed by atoms with Gasteiger partial charge in [0.15, 0.2) is 5.96 Å². The summed E-state index contributed by atoms with van der Waals surface area (Å²) in [4.78, 5) is 4.33. The van der Waals surface area contributed by atoms with E-state index in [1.54, 1.807) is 0 Å². The normalized spacial score (nSPS) is 16.1. The van der Waals surface area contributed by atoms with Gasteiger partial charge in [-0.15, -0.1) is 37.1 Å². The Kier molecular flexibility index (Phi) is 8.26. The van der Waals surface area contributed by atoms with Crippen molar-refractivity contribution in [1.82, 2.24) is 0 Å². The van der Waals surface area contributed by atoms with Gasteiger partial charge < -0.3 is 20.5 Å². The molecule has 3 N–H and O–H groups in total. The molecule has 2 rings (SSSR count). The van der Waals surface area contributed by atoms with E-state index in [-0.39, 0.29) is 41.1 Å². The Balaban J connectivity index is 0.00000312. The fourth-order valence-electron chi connectivity index (χ4n) is 2.28. The zero-order valence-corrected chi connectivity index (χ0v) is 16.3. The van der Waals surface area contributed by atoms with E-state index < -0.39 is 6.36 Å². The monoisotopic (exact) mass is 473 g/mol. The van der Waals surface area contributed by atoms with Gasteiger partial charge in [-0.1, -0.05) is 0 Å². The lowest BCUT2D eigenvalue weighted by Gasteiger charge is -2.13. The molecule has 1 saturated carbocycles. The lowest BCUT2D eigenvalue weighted by Crippen LogP contribution is -2.24. The third-order valence-electron chi connectivity index (χ3n) is 3.88. The number of halogens is 4. The van der Waals surface area contributed by atoms with Gasteiger partial charge in [0.25, 0.3) is 0 Å². The minimum Gasteiger partial charge on any atom is -0.406 e. The Morgan fingerprint density at radius 1 is 1.28 bits per heavy atom. The first kappa shape index (κ1) is 21.8. The number of hydrogen-bond acceptors (Lipinski definition) is 3. The summed E-state index contributed by atoms with van der Waals surface area (Å²) in [6.45, 7) is 4.01. The standard InChI is InChI=1S/C16H22F3N3O2.HI/c1-2-23-10-9-15(7-8-15)11-21-14(20)22-12-3-5-13(6-4-12)24-16(17,18)19;/h3-6H,2,7-11H2,1H3,(H3,20,21,22);1H. The van der Waals surface area contributed by atoms with Gasteiger partial charge in [0.1, 0.15) is 5.75 Å². The third kappa shape index (κ3) is 8.13. The number of rotatable bonds is 8. The highest BCUT2D eigenvalue weighted by molar-refractivity contribution is 14.0. The van der Waals surface area contributed by atoms with Crippen molar-refractivity contribution in [2.45, 2.75) is 32.5 Å². The molecular weight excluding hydrogens is 450 g/mol. The van der Waals surface area contributed by atoms with E-state index in [0.29, 0.717) is 18.8 Å². The first-order chi connectivity index (χ1) is 11.3. The summed E-state index contributed by atoms with van der Waals surface area (Å²) >= 11 is 0. The van der Waals surface area contributed by atoms with Crippen molar-refractivity contribution in [2.24, 2.45) is 16.1 Å². The molecule has 0 atom stereocenters. The van der Waals surface area contributed by atoms with Crippen LogP contribution in [0.1, 0.15) is 26.2 Å². The Hall–Kier alpha value is -1.23. The highest BCUT2D eigenvalue weighted by atomic mass is 127. The van der Waals surface area contributed by atoms with Crippen LogP contribution in [-0.4, -0.2) is 32.1 Å². The Labute approximate surface area is 162 Å². The molecule has 0 heterocycles. The van der Waals surface area contributed by atoms with Crippen molar-refractivity contribution in [1.29, 1.82) is 0 Å². The van der Waals surface area contributed by atoms with Gasteiger partial charge in [-0.3, -0.25) is 4.99 Å². The lowest BCUT2D eigenvalue weighted by molar-refractivity contribution is -0.274. The fraction of sp³-hybridized carbons (Fsp3) is 0.562. The van der Waals surface area contributed by atoms with Gasteiger partial charge in [0, 0.05) is 25.4 Å². The average Bonchev–Trinajstić information content (AvgIpc) is 3.27. The van der Waals surface area contributed by atoms with Crippen LogP contribution in [0.5, 0.6) is 5.75 Å². The number of hydrogen-bond donors (Lipinski definition) is 2. The second kappa shape index (κ2) is 9.46. The molecule has 1 aliphatic rings. The minimum atomic E-state index is -4.70. The summed E-state index contributed by atoms with van der Waals surface area (Å²) in [6.07, 6.45) is -1.52. The van der Waals surface area contributed by atoms with E-state index >= 15 is 0 Å². The number of nitrogens with zero attached hydrogens (tertiary/aromatic N) is 1. The number of nitrogens with one attached hydrogen (secondary N) is 1. The molecule has 0 aromatic heterocycles. The van der Waals surface area contributed by atoms with Crippen molar-refractivity contribution in [3.8, 4) is 5.75 Å². The molecule has 1 aromatic rings. The van der Waals surface area contributed by atoms with Crippen molar-refractivity contribution in [3.05, 3.63) is 24.3 Å². The molecule has 0 bridgehead atoms. The largest absolute Gasteiger partial charge is 0.573 e. The molecule has 0 amide bonds. The van der Waals surface area contributed by atoms with Gasteiger partial charge >= 0.3 is 6.36 Å². The summed E-state index contributed by atoms with van der Waals surface area (Å²) < 4.78 is 45.5. The van der Waals surface area contributed by atoms with E-state index in [2.05, 4.69) is 15.0 Å². The molecule has 0 aliphatic heterocycles. The smallest absolute Gasteiger partial charge is 0.406 e. The van der Waals surface area contributed by atoms with Crippen LogP contribution in [0.3, 0.4) is 0 Å². The van der Waals surface area contributed by atoms with E-state index in [1.165, 1.54) is 24.3 Å². The summed E-state index contributed by atoms with van der Waals surface area (Å²) in [6, 6.07) is 5.33. The molecule has 1 aromatic carbocycles. The minimum absolute atomic E-state index is 0. The van der Waals surface area contributed by atoms with Crippen LogP contribution in [0.15, 0.2) is 29.3 Å². The molecule has 25 heavy (non-hydrogen) atoms. The maximum atomic E-state index is 12.1. The van der Waals surface area contributed by atoms with E-state index in [1.807, 2.05) is 6.92 Å². The maximum absolute atomic E-state index is 12.1. The van der Waals surface area contributed by atoms with Crippen LogP contribution in [-0.2, 0) is 4.74 Å². The number of nitrogens with two attached hydrogens (primary N) is 1. The molecule has 1 fully saturated rings. The molecule has 142 valence electrons. The van der Waals surface area contributed by atoms with Gasteiger partial charge in [-0.25, -0.2) is 0 Å². The molecular formula is C16H23F3IN3O2. The predicted molar refractivity (Wildman–Crippen MR) is 101 cm³/mol. The zero-order chi connectivity index (χ0) is 17.6. The second-order valence-corrected chi connectivity index (χ2v) is 5.85. The summed E-state index contributed by atoms with van der Waals surface area (Å²) in [5.41, 5.74) is 6.56.